The maximum Gasteiger partial charge on any atom is 0.0611 e. The number of para-hydroxylation sites is 1. The molecule has 0 amide bonds. The molecule has 0 atom stereocenters. The zero-order valence-corrected chi connectivity index (χ0v) is 14.9. The zero-order chi connectivity index (χ0) is 14.2. The van der Waals surface area contributed by atoms with Gasteiger partial charge in [-0.1, -0.05) is 37.4 Å². The molecule has 2 aromatic heterocycles. The van der Waals surface area contributed by atoms with E-state index in [0.717, 1.165) is 17.5 Å². The fourth-order valence-electron chi connectivity index (χ4n) is 3.86. The van der Waals surface area contributed by atoms with E-state index in [9.17, 15) is 0 Å². The van der Waals surface area contributed by atoms with Crippen LogP contribution in [0.3, 0.4) is 0 Å². The van der Waals surface area contributed by atoms with Crippen LogP contribution in [0.5, 0.6) is 0 Å². The molecule has 3 heterocycles. The Hall–Kier alpha value is -1.70. The molecule has 5 rings (SSSR count). The number of benzene rings is 2. The molecule has 3 heteroatoms. The number of hydrogen-bond acceptors (Lipinski definition) is 1. The van der Waals surface area contributed by atoms with Crippen LogP contribution in [0, 0.1) is 6.07 Å². The van der Waals surface area contributed by atoms with E-state index >= 15 is 0 Å². The number of rotatable bonds is 0. The SMILES string of the molecule is CC1(C)Cc2cccc3c4ccc[c-]c4c4ncc1n4c23.[Ir]. The van der Waals surface area contributed by atoms with Crippen LogP contribution in [0.2, 0.25) is 0 Å². The van der Waals surface area contributed by atoms with Gasteiger partial charge in [-0.25, -0.2) is 0 Å². The minimum Gasteiger partial charge on any atom is -0.337 e. The van der Waals surface area contributed by atoms with Gasteiger partial charge in [-0.15, -0.1) is 29.7 Å². The molecule has 0 spiro atoms. The molecule has 0 saturated heterocycles. The van der Waals surface area contributed by atoms with E-state index in [2.05, 4.69) is 54.6 Å². The monoisotopic (exact) mass is 464 g/mol. The van der Waals surface area contributed by atoms with Crippen molar-refractivity contribution in [3.05, 3.63) is 59.9 Å². The Bertz CT molecular complexity index is 1040. The second-order valence-electron chi connectivity index (χ2n) is 6.64. The van der Waals surface area contributed by atoms with E-state index < -0.39 is 0 Å². The Labute approximate surface area is 142 Å². The van der Waals surface area contributed by atoms with Crippen molar-refractivity contribution in [2.45, 2.75) is 25.7 Å². The number of pyridine rings is 1. The van der Waals surface area contributed by atoms with Crippen molar-refractivity contribution in [3.8, 4) is 0 Å². The molecule has 0 aliphatic carbocycles. The second kappa shape index (κ2) is 4.41. The standard InChI is InChI=1S/C19H15N2.Ir/c1-19(2)10-12-6-5-9-14-13-7-3-4-8-15(13)18-20-11-16(19)21(18)17(12)14;/h3-7,9,11H,10H2,1-2H3;/q-1;. The van der Waals surface area contributed by atoms with Gasteiger partial charge in [0, 0.05) is 42.9 Å². The molecule has 0 fully saturated rings. The minimum absolute atomic E-state index is 0. The van der Waals surface area contributed by atoms with Crippen LogP contribution in [0.25, 0.3) is 27.3 Å². The van der Waals surface area contributed by atoms with Crippen molar-refractivity contribution in [1.82, 2.24) is 9.38 Å². The Morgan fingerprint density at radius 1 is 1.14 bits per heavy atom. The van der Waals surface area contributed by atoms with Crippen LogP contribution in [-0.2, 0) is 31.9 Å². The molecule has 0 bridgehead atoms. The summed E-state index contributed by atoms with van der Waals surface area (Å²) in [7, 11) is 0. The molecule has 2 aromatic carbocycles. The molecule has 4 aromatic rings. The summed E-state index contributed by atoms with van der Waals surface area (Å²) in [5.74, 6) is 0. The number of aromatic nitrogens is 2. The summed E-state index contributed by atoms with van der Waals surface area (Å²) in [5, 5.41) is 3.67. The van der Waals surface area contributed by atoms with E-state index in [4.69, 9.17) is 4.98 Å². The maximum atomic E-state index is 4.73. The third kappa shape index (κ3) is 1.56. The van der Waals surface area contributed by atoms with Crippen LogP contribution in [0.4, 0.5) is 0 Å². The number of nitrogens with zero attached hydrogens (tertiary/aromatic N) is 2. The first kappa shape index (κ1) is 13.9. The summed E-state index contributed by atoms with van der Waals surface area (Å²) in [5.41, 5.74) is 5.20. The molecule has 111 valence electrons. The number of hydrogen-bond donors (Lipinski definition) is 0. The van der Waals surface area contributed by atoms with E-state index in [1.54, 1.807) is 0 Å². The molecule has 1 aliphatic heterocycles. The molecule has 0 saturated carbocycles. The average molecular weight is 464 g/mol. The summed E-state index contributed by atoms with van der Waals surface area (Å²) < 4.78 is 2.35. The number of fused-ring (bicyclic) bond motifs is 3. The van der Waals surface area contributed by atoms with Crippen molar-refractivity contribution >= 4 is 27.3 Å². The summed E-state index contributed by atoms with van der Waals surface area (Å²) in [6.07, 6.45) is 3.11. The number of imidazole rings is 1. The van der Waals surface area contributed by atoms with Gasteiger partial charge in [-0.3, -0.25) is 4.98 Å². The third-order valence-corrected chi connectivity index (χ3v) is 4.80. The van der Waals surface area contributed by atoms with Gasteiger partial charge >= 0.3 is 0 Å². The van der Waals surface area contributed by atoms with Gasteiger partial charge in [0.25, 0.3) is 0 Å². The van der Waals surface area contributed by atoms with Gasteiger partial charge < -0.3 is 4.40 Å². The molecule has 0 N–H and O–H groups in total. The van der Waals surface area contributed by atoms with E-state index in [0.29, 0.717) is 0 Å². The van der Waals surface area contributed by atoms with Crippen molar-refractivity contribution in [2.24, 2.45) is 0 Å². The molecule has 1 aliphatic rings. The fraction of sp³-hybridized carbons (Fsp3) is 0.211. The quantitative estimate of drug-likeness (QED) is 0.281. The second-order valence-corrected chi connectivity index (χ2v) is 6.64. The summed E-state index contributed by atoms with van der Waals surface area (Å²) >= 11 is 0. The molecule has 22 heavy (non-hydrogen) atoms. The van der Waals surface area contributed by atoms with Crippen molar-refractivity contribution in [1.29, 1.82) is 0 Å². The van der Waals surface area contributed by atoms with E-state index in [1.165, 1.54) is 27.5 Å². The van der Waals surface area contributed by atoms with Crippen molar-refractivity contribution in [2.75, 3.05) is 0 Å². The Morgan fingerprint density at radius 2 is 1.95 bits per heavy atom. The predicted molar refractivity (Wildman–Crippen MR) is 85.8 cm³/mol. The molecule has 2 nitrogen and oxygen atoms in total. The summed E-state index contributed by atoms with van der Waals surface area (Å²) in [4.78, 5) is 4.73. The zero-order valence-electron chi connectivity index (χ0n) is 12.5. The van der Waals surface area contributed by atoms with Crippen molar-refractivity contribution < 1.29 is 20.1 Å². The van der Waals surface area contributed by atoms with Gasteiger partial charge in [-0.05, 0) is 17.4 Å². The molecular formula is C19H15IrN2-. The largest absolute Gasteiger partial charge is 0.337 e. The summed E-state index contributed by atoms with van der Waals surface area (Å²) in [6.45, 7) is 4.61. The van der Waals surface area contributed by atoms with Gasteiger partial charge in [0.2, 0.25) is 0 Å². The third-order valence-electron chi connectivity index (χ3n) is 4.80. The van der Waals surface area contributed by atoms with Gasteiger partial charge in [-0.2, -0.15) is 0 Å². The smallest absolute Gasteiger partial charge is 0.0611 e. The normalized spacial score (nSPS) is 15.5. The molecule has 1 radical (unpaired) electrons. The minimum atomic E-state index is 0. The molecule has 0 unspecified atom stereocenters. The predicted octanol–water partition coefficient (Wildman–Crippen LogP) is 4.27. The van der Waals surface area contributed by atoms with Crippen LogP contribution in [0.1, 0.15) is 25.1 Å². The topological polar surface area (TPSA) is 17.3 Å². The van der Waals surface area contributed by atoms with Gasteiger partial charge in [0.05, 0.1) is 5.65 Å². The van der Waals surface area contributed by atoms with E-state index in [1.807, 2.05) is 12.3 Å². The first-order valence-corrected chi connectivity index (χ1v) is 7.39. The Kier molecular flexibility index (Phi) is 2.79. The first-order valence-electron chi connectivity index (χ1n) is 7.39. The van der Waals surface area contributed by atoms with Crippen molar-refractivity contribution in [3.63, 3.8) is 0 Å². The van der Waals surface area contributed by atoms with Crippen LogP contribution >= 0.6 is 0 Å². The average Bonchev–Trinajstić information content (AvgIpc) is 2.93. The maximum absolute atomic E-state index is 4.73. The first-order chi connectivity index (χ1) is 10.2. The van der Waals surface area contributed by atoms with Gasteiger partial charge in [0.1, 0.15) is 0 Å². The van der Waals surface area contributed by atoms with Crippen LogP contribution in [-0.4, -0.2) is 9.38 Å². The Balaban J connectivity index is 0.00000125. The van der Waals surface area contributed by atoms with Crippen LogP contribution < -0.4 is 0 Å². The Morgan fingerprint density at radius 3 is 2.82 bits per heavy atom. The fourth-order valence-corrected chi connectivity index (χ4v) is 3.86. The summed E-state index contributed by atoms with van der Waals surface area (Å²) in [6, 6.07) is 16.3. The molecular weight excluding hydrogens is 448 g/mol. The van der Waals surface area contributed by atoms with E-state index in [-0.39, 0.29) is 25.5 Å². The van der Waals surface area contributed by atoms with Crippen LogP contribution in [0.15, 0.2) is 42.6 Å². The van der Waals surface area contributed by atoms with Gasteiger partial charge in [0.15, 0.2) is 0 Å².